The minimum atomic E-state index is -4.79. The fraction of sp³-hybridized carbons (Fsp3) is 0.320. The first-order valence-electron chi connectivity index (χ1n) is 11.3. The number of rotatable bonds is 6. The number of aromatic nitrogens is 1. The molecule has 0 aliphatic carbocycles. The van der Waals surface area contributed by atoms with Gasteiger partial charge in [0.05, 0.1) is 28.5 Å². The summed E-state index contributed by atoms with van der Waals surface area (Å²) in [4.78, 5) is 5.63. The van der Waals surface area contributed by atoms with Crippen molar-refractivity contribution in [3.8, 4) is 0 Å². The highest BCUT2D eigenvalue weighted by molar-refractivity contribution is 9.10. The maximum Gasteiger partial charge on any atom is 0.456 e. The van der Waals surface area contributed by atoms with Gasteiger partial charge in [0, 0.05) is 42.3 Å². The van der Waals surface area contributed by atoms with Crippen LogP contribution < -0.4 is 4.90 Å². The third-order valence-electron chi connectivity index (χ3n) is 6.07. The number of hydrogen-bond donors (Lipinski definition) is 0. The van der Waals surface area contributed by atoms with E-state index in [-0.39, 0.29) is 35.2 Å². The molecular formula is C25H20BrF8N3S. The van der Waals surface area contributed by atoms with Crippen molar-refractivity contribution in [3.63, 3.8) is 0 Å². The van der Waals surface area contributed by atoms with Gasteiger partial charge >= 0.3 is 11.7 Å². The summed E-state index contributed by atoms with van der Waals surface area (Å²) in [6.45, 7) is -0.898. The Kier molecular flexibility index (Phi) is 8.58. The molecule has 204 valence electrons. The lowest BCUT2D eigenvalue weighted by molar-refractivity contribution is -0.138. The van der Waals surface area contributed by atoms with E-state index in [0.29, 0.717) is 12.1 Å². The Morgan fingerprint density at radius 3 is 2.34 bits per heavy atom. The highest BCUT2D eigenvalue weighted by Gasteiger charge is 2.41. The average Bonchev–Trinajstić information content (AvgIpc) is 2.95. The summed E-state index contributed by atoms with van der Waals surface area (Å²) in [5.74, 6) is -1.08. The Morgan fingerprint density at radius 1 is 1.00 bits per heavy atom. The van der Waals surface area contributed by atoms with Crippen molar-refractivity contribution < 1.29 is 35.1 Å². The fourth-order valence-corrected chi connectivity index (χ4v) is 5.52. The first-order valence-corrected chi connectivity index (χ1v) is 12.9. The van der Waals surface area contributed by atoms with Gasteiger partial charge in [0.25, 0.3) is 0 Å². The van der Waals surface area contributed by atoms with Crippen molar-refractivity contribution in [2.45, 2.75) is 43.7 Å². The molecule has 1 aromatic heterocycles. The second-order valence-corrected chi connectivity index (χ2v) is 10.7. The van der Waals surface area contributed by atoms with E-state index in [9.17, 15) is 35.1 Å². The first-order chi connectivity index (χ1) is 17.8. The monoisotopic (exact) mass is 625 g/mol. The summed E-state index contributed by atoms with van der Waals surface area (Å²) < 4.78 is 110. The molecule has 0 saturated heterocycles. The Bertz CT molecular complexity index is 1270. The summed E-state index contributed by atoms with van der Waals surface area (Å²) >= 11 is 2.60. The fourth-order valence-electron chi connectivity index (χ4n) is 4.42. The Balaban J connectivity index is 1.79. The van der Waals surface area contributed by atoms with E-state index in [1.165, 1.54) is 30.3 Å². The molecule has 1 atom stereocenters. The molecule has 1 unspecified atom stereocenters. The number of anilines is 1. The second-order valence-electron chi connectivity index (χ2n) is 8.70. The van der Waals surface area contributed by atoms with Gasteiger partial charge in [-0.1, -0.05) is 18.2 Å². The van der Waals surface area contributed by atoms with Gasteiger partial charge in [-0.25, -0.2) is 13.1 Å². The lowest BCUT2D eigenvalue weighted by atomic mass is 10.0. The predicted octanol–water partition coefficient (Wildman–Crippen LogP) is 8.13. The summed E-state index contributed by atoms with van der Waals surface area (Å²) in [6, 6.07) is 9.81. The van der Waals surface area contributed by atoms with Gasteiger partial charge in [-0.05, 0) is 64.7 Å². The minimum absolute atomic E-state index is 0.0776. The minimum Gasteiger partial charge on any atom is -0.361 e. The van der Waals surface area contributed by atoms with Gasteiger partial charge in [-0.3, -0.25) is 4.98 Å². The van der Waals surface area contributed by atoms with Crippen LogP contribution in [0.2, 0.25) is 0 Å². The van der Waals surface area contributed by atoms with E-state index < -0.39 is 53.4 Å². The molecule has 0 N–H and O–H groups in total. The molecule has 0 spiro atoms. The Labute approximate surface area is 226 Å². The molecular weight excluding hydrogens is 606 g/mol. The first kappa shape index (κ1) is 28.6. The van der Waals surface area contributed by atoms with Gasteiger partial charge in [0.15, 0.2) is 5.82 Å². The van der Waals surface area contributed by atoms with Crippen LogP contribution in [-0.2, 0) is 25.7 Å². The number of pyridine rings is 1. The van der Waals surface area contributed by atoms with Crippen LogP contribution in [0.4, 0.5) is 40.8 Å². The van der Waals surface area contributed by atoms with Gasteiger partial charge < -0.3 is 4.90 Å². The van der Waals surface area contributed by atoms with Crippen LogP contribution in [0.3, 0.4) is 0 Å². The number of alkyl halides is 6. The van der Waals surface area contributed by atoms with Crippen LogP contribution in [0, 0.1) is 11.6 Å². The summed E-state index contributed by atoms with van der Waals surface area (Å²) in [7, 11) is 0. The molecule has 3 nitrogen and oxygen atoms in total. The molecule has 0 fully saturated rings. The van der Waals surface area contributed by atoms with E-state index in [1.54, 1.807) is 17.0 Å². The normalized spacial score (nSPS) is 16.9. The van der Waals surface area contributed by atoms with Crippen LogP contribution in [0.5, 0.6) is 0 Å². The van der Waals surface area contributed by atoms with Crippen molar-refractivity contribution in [3.05, 3.63) is 93.2 Å². The van der Waals surface area contributed by atoms with Crippen molar-refractivity contribution >= 4 is 33.6 Å². The summed E-state index contributed by atoms with van der Waals surface area (Å²) in [5, 5.41) is 0. The van der Waals surface area contributed by atoms with Crippen LogP contribution in [-0.4, -0.2) is 27.4 Å². The molecule has 2 aromatic carbocycles. The van der Waals surface area contributed by atoms with Crippen LogP contribution in [0.15, 0.2) is 59.2 Å². The molecule has 13 heteroatoms. The van der Waals surface area contributed by atoms with Crippen molar-refractivity contribution in [2.24, 2.45) is 0 Å². The van der Waals surface area contributed by atoms with Gasteiger partial charge in [-0.2, -0.15) is 26.3 Å². The number of hydrogen-bond acceptors (Lipinski definition) is 4. The van der Waals surface area contributed by atoms with E-state index >= 15 is 0 Å². The number of halogens is 9. The number of aryl methyl sites for hydroxylation is 1. The van der Waals surface area contributed by atoms with Crippen molar-refractivity contribution in [1.82, 2.24) is 9.29 Å². The molecule has 1 aliphatic rings. The number of benzene rings is 2. The molecule has 38 heavy (non-hydrogen) atoms. The predicted molar refractivity (Wildman–Crippen MR) is 132 cm³/mol. The highest BCUT2D eigenvalue weighted by atomic mass is 79.9. The van der Waals surface area contributed by atoms with E-state index in [4.69, 9.17) is 0 Å². The second kappa shape index (κ2) is 11.4. The van der Waals surface area contributed by atoms with Crippen LogP contribution >= 0.6 is 27.9 Å². The average molecular weight is 626 g/mol. The smallest absolute Gasteiger partial charge is 0.361 e. The van der Waals surface area contributed by atoms with Crippen molar-refractivity contribution in [2.75, 3.05) is 11.4 Å². The highest BCUT2D eigenvalue weighted by Crippen LogP contribution is 2.43. The molecule has 0 saturated carbocycles. The molecule has 0 radical (unpaired) electrons. The van der Waals surface area contributed by atoms with Gasteiger partial charge in [0.1, 0.15) is 5.82 Å². The van der Waals surface area contributed by atoms with Crippen LogP contribution in [0.25, 0.3) is 0 Å². The SMILES string of the molecule is Fc1ccc(CCC2CN(SC(F)(F)F)Cc3c(cccc3C(F)(F)F)N2Cc2cc(Br)c(F)cn2)cc1. The summed E-state index contributed by atoms with van der Waals surface area (Å²) in [5.41, 5.74) is -4.88. The van der Waals surface area contributed by atoms with E-state index in [2.05, 4.69) is 20.9 Å². The zero-order chi connectivity index (χ0) is 27.7. The largest absolute Gasteiger partial charge is 0.456 e. The van der Waals surface area contributed by atoms with Gasteiger partial charge in [-0.15, -0.1) is 0 Å². The Morgan fingerprint density at radius 2 is 1.71 bits per heavy atom. The third-order valence-corrected chi connectivity index (χ3v) is 7.42. The lowest BCUT2D eigenvalue weighted by Gasteiger charge is -2.34. The van der Waals surface area contributed by atoms with Crippen LogP contribution in [0.1, 0.15) is 28.8 Å². The topological polar surface area (TPSA) is 19.4 Å². The zero-order valence-electron chi connectivity index (χ0n) is 19.5. The molecule has 0 amide bonds. The number of fused-ring (bicyclic) bond motifs is 1. The van der Waals surface area contributed by atoms with E-state index in [1.807, 2.05) is 0 Å². The molecule has 0 bridgehead atoms. The number of nitrogens with zero attached hydrogens (tertiary/aromatic N) is 3. The lowest BCUT2D eigenvalue weighted by Crippen LogP contribution is -2.41. The molecule has 1 aliphatic heterocycles. The summed E-state index contributed by atoms with van der Waals surface area (Å²) in [6.07, 6.45) is -3.25. The Hall–Kier alpha value is -2.38. The quantitative estimate of drug-likeness (QED) is 0.203. The zero-order valence-corrected chi connectivity index (χ0v) is 21.9. The standard InChI is InChI=1S/C25H20BrF8N3S/c26-21-10-17(35-11-22(21)28)12-37-18(9-6-15-4-7-16(27)8-5-15)13-36(38-25(32,33)34)14-19-20(24(29,30)31)2-1-3-23(19)37/h1-5,7-8,10-11,18H,6,9,12-14H2. The molecule has 3 aromatic rings. The maximum atomic E-state index is 14.0. The van der Waals surface area contributed by atoms with Gasteiger partial charge in [0.2, 0.25) is 0 Å². The third kappa shape index (κ3) is 7.17. The molecule has 2 heterocycles. The van der Waals surface area contributed by atoms with Crippen molar-refractivity contribution in [1.29, 1.82) is 0 Å². The van der Waals surface area contributed by atoms with E-state index in [0.717, 1.165) is 22.1 Å². The molecule has 4 rings (SSSR count). The maximum absolute atomic E-state index is 14.0.